The van der Waals surface area contributed by atoms with Crippen LogP contribution < -0.4 is 10.6 Å². The van der Waals surface area contributed by atoms with Crippen molar-refractivity contribution in [1.82, 2.24) is 10.3 Å². The summed E-state index contributed by atoms with van der Waals surface area (Å²) in [6, 6.07) is 7.30. The minimum absolute atomic E-state index is 0. The van der Waals surface area contributed by atoms with Crippen LogP contribution >= 0.6 is 12.4 Å². The number of carbonyl (C=O) groups is 3. The third-order valence-corrected chi connectivity index (χ3v) is 4.11. The Morgan fingerprint density at radius 2 is 2.12 bits per heavy atom. The van der Waals surface area contributed by atoms with Gasteiger partial charge in [0.2, 0.25) is 11.8 Å². The van der Waals surface area contributed by atoms with Gasteiger partial charge in [-0.05, 0) is 37.1 Å². The second-order valence-electron chi connectivity index (χ2n) is 5.82. The molecule has 1 atom stereocenters. The van der Waals surface area contributed by atoms with Crippen LogP contribution in [0.3, 0.4) is 0 Å². The number of rotatable bonds is 4. The maximum Gasteiger partial charge on any atom is 0.322 e. The van der Waals surface area contributed by atoms with Gasteiger partial charge < -0.3 is 10.4 Å². The van der Waals surface area contributed by atoms with Crippen molar-refractivity contribution in [1.29, 1.82) is 0 Å². The molecule has 2 amide bonds. The van der Waals surface area contributed by atoms with Crippen molar-refractivity contribution in [2.75, 3.05) is 11.9 Å². The molecule has 1 aliphatic rings. The number of nitrogens with one attached hydrogen (secondary N) is 2. The fraction of sp³-hybridized carbons (Fsp3) is 0.294. The van der Waals surface area contributed by atoms with E-state index in [0.717, 1.165) is 22.2 Å². The minimum Gasteiger partial charge on any atom is -0.480 e. The number of anilines is 1. The highest BCUT2D eigenvalue weighted by Crippen LogP contribution is 2.30. The number of halogens is 1. The van der Waals surface area contributed by atoms with E-state index in [1.165, 1.54) is 0 Å². The fourth-order valence-corrected chi connectivity index (χ4v) is 2.91. The van der Waals surface area contributed by atoms with Gasteiger partial charge in [-0.25, -0.2) is 0 Å². The molecule has 2 heterocycles. The zero-order valence-corrected chi connectivity index (χ0v) is 14.4. The average molecular weight is 364 g/mol. The van der Waals surface area contributed by atoms with Crippen LogP contribution in [0.15, 0.2) is 24.3 Å². The number of aromatic nitrogens is 1. The Bertz CT molecular complexity index is 853. The molecule has 0 aliphatic carbocycles. The van der Waals surface area contributed by atoms with Gasteiger partial charge in [0.15, 0.2) is 0 Å². The standard InChI is InChI=1S/C17H17N3O4.ClH/c1-9-13(12-4-5-15(21)20-17(12)24)6-10-2-3-11(7-14(10)19-9)18-8-16(22)23;/h2-3,6-7,12,18H,4-5,8H2,1H3,(H,22,23)(H,20,21,24);1H. The predicted molar refractivity (Wildman–Crippen MR) is 95.0 cm³/mol. The van der Waals surface area contributed by atoms with Crippen molar-refractivity contribution in [3.05, 3.63) is 35.5 Å². The molecule has 8 heteroatoms. The quantitative estimate of drug-likeness (QED) is 0.717. The van der Waals surface area contributed by atoms with Crippen LogP contribution in [-0.4, -0.2) is 34.4 Å². The average Bonchev–Trinajstić information content (AvgIpc) is 2.52. The molecule has 0 saturated carbocycles. The van der Waals surface area contributed by atoms with E-state index in [2.05, 4.69) is 15.6 Å². The lowest BCUT2D eigenvalue weighted by Gasteiger charge is -2.22. The second kappa shape index (κ2) is 7.48. The van der Waals surface area contributed by atoms with Crippen molar-refractivity contribution in [3.8, 4) is 0 Å². The number of aliphatic carboxylic acids is 1. The summed E-state index contributed by atoms with van der Waals surface area (Å²) in [5.41, 5.74) is 2.94. The van der Waals surface area contributed by atoms with E-state index in [9.17, 15) is 14.4 Å². The van der Waals surface area contributed by atoms with E-state index < -0.39 is 5.97 Å². The zero-order valence-electron chi connectivity index (χ0n) is 13.5. The van der Waals surface area contributed by atoms with Crippen molar-refractivity contribution in [3.63, 3.8) is 0 Å². The Kier molecular flexibility index (Phi) is 5.58. The monoisotopic (exact) mass is 363 g/mol. The van der Waals surface area contributed by atoms with E-state index >= 15 is 0 Å². The third-order valence-electron chi connectivity index (χ3n) is 4.11. The van der Waals surface area contributed by atoms with Crippen molar-refractivity contribution in [2.45, 2.75) is 25.7 Å². The number of amides is 2. The van der Waals surface area contributed by atoms with Crippen LogP contribution in [0, 0.1) is 6.92 Å². The van der Waals surface area contributed by atoms with Crippen molar-refractivity contribution < 1.29 is 19.5 Å². The molecule has 1 aromatic heterocycles. The molecule has 1 aromatic carbocycles. The van der Waals surface area contributed by atoms with Gasteiger partial charge in [-0.15, -0.1) is 12.4 Å². The van der Waals surface area contributed by atoms with Crippen LogP contribution in [0.1, 0.15) is 30.0 Å². The SMILES string of the molecule is Cc1nc2cc(NCC(=O)O)ccc2cc1C1CCC(=O)NC1=O.Cl. The summed E-state index contributed by atoms with van der Waals surface area (Å²) < 4.78 is 0. The van der Waals surface area contributed by atoms with E-state index in [1.807, 2.05) is 19.1 Å². The molecular weight excluding hydrogens is 346 g/mol. The Hall–Kier alpha value is -2.67. The van der Waals surface area contributed by atoms with Gasteiger partial charge in [0.05, 0.1) is 11.4 Å². The van der Waals surface area contributed by atoms with E-state index in [0.29, 0.717) is 18.5 Å². The highest BCUT2D eigenvalue weighted by atomic mass is 35.5. The Labute approximate surface area is 150 Å². The molecule has 2 aromatic rings. The molecule has 132 valence electrons. The number of piperidine rings is 1. The van der Waals surface area contributed by atoms with Gasteiger partial charge in [0, 0.05) is 23.2 Å². The molecule has 25 heavy (non-hydrogen) atoms. The Morgan fingerprint density at radius 3 is 2.80 bits per heavy atom. The third kappa shape index (κ3) is 4.06. The first-order chi connectivity index (χ1) is 11.4. The number of hydrogen-bond acceptors (Lipinski definition) is 5. The van der Waals surface area contributed by atoms with Crippen LogP contribution in [0.2, 0.25) is 0 Å². The lowest BCUT2D eigenvalue weighted by Crippen LogP contribution is -2.39. The molecule has 1 unspecified atom stereocenters. The van der Waals surface area contributed by atoms with Crippen LogP contribution in [0.4, 0.5) is 5.69 Å². The lowest BCUT2D eigenvalue weighted by atomic mass is 9.89. The van der Waals surface area contributed by atoms with Gasteiger partial charge in [-0.3, -0.25) is 24.7 Å². The number of benzene rings is 1. The van der Waals surface area contributed by atoms with Gasteiger partial charge >= 0.3 is 5.97 Å². The van der Waals surface area contributed by atoms with Gasteiger partial charge in [-0.1, -0.05) is 6.07 Å². The van der Waals surface area contributed by atoms with Crippen LogP contribution in [0.25, 0.3) is 10.9 Å². The van der Waals surface area contributed by atoms with E-state index in [-0.39, 0.29) is 36.7 Å². The highest BCUT2D eigenvalue weighted by Gasteiger charge is 2.29. The topological polar surface area (TPSA) is 108 Å². The largest absolute Gasteiger partial charge is 0.480 e. The minimum atomic E-state index is -0.938. The smallest absolute Gasteiger partial charge is 0.322 e. The number of imide groups is 1. The first-order valence-corrected chi connectivity index (χ1v) is 7.64. The number of aryl methyl sites for hydroxylation is 1. The summed E-state index contributed by atoms with van der Waals surface area (Å²) >= 11 is 0. The van der Waals surface area contributed by atoms with Crippen molar-refractivity contribution in [2.24, 2.45) is 0 Å². The molecule has 3 rings (SSSR count). The molecule has 1 aliphatic heterocycles. The Morgan fingerprint density at radius 1 is 1.36 bits per heavy atom. The number of hydrogen-bond donors (Lipinski definition) is 3. The van der Waals surface area contributed by atoms with Crippen LogP contribution in [-0.2, 0) is 14.4 Å². The predicted octanol–water partition coefficient (Wildman–Crippen LogP) is 1.98. The highest BCUT2D eigenvalue weighted by molar-refractivity contribution is 6.01. The normalized spacial score (nSPS) is 16.9. The summed E-state index contributed by atoms with van der Waals surface area (Å²) in [4.78, 5) is 38.5. The zero-order chi connectivity index (χ0) is 17.3. The molecule has 1 saturated heterocycles. The molecule has 7 nitrogen and oxygen atoms in total. The van der Waals surface area contributed by atoms with E-state index in [1.54, 1.807) is 12.1 Å². The number of nitrogens with zero attached hydrogens (tertiary/aromatic N) is 1. The fourth-order valence-electron chi connectivity index (χ4n) is 2.91. The Balaban J connectivity index is 0.00000225. The summed E-state index contributed by atoms with van der Waals surface area (Å²) in [5, 5.41) is 14.8. The first kappa shape index (κ1) is 18.7. The van der Waals surface area contributed by atoms with Gasteiger partial charge in [0.1, 0.15) is 6.54 Å². The molecule has 0 radical (unpaired) electrons. The molecule has 3 N–H and O–H groups in total. The van der Waals surface area contributed by atoms with Gasteiger partial charge in [-0.2, -0.15) is 0 Å². The number of fused-ring (bicyclic) bond motifs is 1. The van der Waals surface area contributed by atoms with E-state index in [4.69, 9.17) is 5.11 Å². The lowest BCUT2D eigenvalue weighted by molar-refractivity contribution is -0.135. The number of carboxylic acids is 1. The summed E-state index contributed by atoms with van der Waals surface area (Å²) in [6.07, 6.45) is 0.808. The first-order valence-electron chi connectivity index (χ1n) is 7.64. The molecular formula is C17H18ClN3O4. The second-order valence-corrected chi connectivity index (χ2v) is 5.82. The van der Waals surface area contributed by atoms with Crippen LogP contribution in [0.5, 0.6) is 0 Å². The van der Waals surface area contributed by atoms with Gasteiger partial charge in [0.25, 0.3) is 0 Å². The summed E-state index contributed by atoms with van der Waals surface area (Å²) in [5.74, 6) is -1.83. The van der Waals surface area contributed by atoms with Crippen molar-refractivity contribution >= 4 is 46.8 Å². The number of carboxylic acid groups (broad SMARTS) is 1. The molecule has 0 bridgehead atoms. The number of carbonyl (C=O) groups excluding carboxylic acids is 2. The molecule has 1 fully saturated rings. The number of pyridine rings is 1. The summed E-state index contributed by atoms with van der Waals surface area (Å²) in [7, 11) is 0. The molecule has 0 spiro atoms. The maximum absolute atomic E-state index is 12.1. The summed E-state index contributed by atoms with van der Waals surface area (Å²) in [6.45, 7) is 1.66. The maximum atomic E-state index is 12.1.